The summed E-state index contributed by atoms with van der Waals surface area (Å²) in [6, 6.07) is 12.0. The average Bonchev–Trinajstić information content (AvgIpc) is 3.01. The maximum absolute atomic E-state index is 12.2. The van der Waals surface area contributed by atoms with E-state index in [1.54, 1.807) is 53.3 Å². The third-order valence-corrected chi connectivity index (χ3v) is 5.20. The Balaban J connectivity index is 1.57. The first-order chi connectivity index (χ1) is 11.9. The number of rotatable bonds is 6. The minimum Gasteiger partial charge on any atom is -0.351 e. The Labute approximate surface area is 153 Å². The highest BCUT2D eigenvalue weighted by Gasteiger charge is 2.12. The molecule has 0 aliphatic rings. The summed E-state index contributed by atoms with van der Waals surface area (Å²) in [6.45, 7) is 0.00953. The standard InChI is InChI=1S/C16H15BrN4O3S/c17-13-3-1-2-12(10-13)16(22)18-7-9-25(23,24)20-14-5-8-21-15(11-14)4-6-19-21/h1-6,8,10-11,20H,7,9H2,(H,18,22). The molecule has 0 saturated heterocycles. The number of fused-ring (bicyclic) bond motifs is 1. The number of carbonyl (C=O) groups is 1. The van der Waals surface area contributed by atoms with E-state index in [1.807, 2.05) is 6.07 Å². The molecule has 9 heteroatoms. The summed E-state index contributed by atoms with van der Waals surface area (Å²) in [7, 11) is -3.58. The lowest BCUT2D eigenvalue weighted by molar-refractivity contribution is 0.0956. The van der Waals surface area contributed by atoms with Crippen molar-refractivity contribution >= 4 is 43.1 Å². The monoisotopic (exact) mass is 422 g/mol. The van der Waals surface area contributed by atoms with Crippen LogP contribution in [0.4, 0.5) is 5.69 Å². The van der Waals surface area contributed by atoms with Crippen molar-refractivity contribution in [1.29, 1.82) is 0 Å². The first-order valence-corrected chi connectivity index (χ1v) is 9.85. The van der Waals surface area contributed by atoms with Gasteiger partial charge >= 0.3 is 0 Å². The highest BCUT2D eigenvalue weighted by molar-refractivity contribution is 9.10. The summed E-state index contributed by atoms with van der Waals surface area (Å²) >= 11 is 3.29. The number of nitrogens with one attached hydrogen (secondary N) is 2. The zero-order valence-corrected chi connectivity index (χ0v) is 15.4. The van der Waals surface area contributed by atoms with E-state index in [-0.39, 0.29) is 18.2 Å². The summed E-state index contributed by atoms with van der Waals surface area (Å²) in [4.78, 5) is 12.0. The van der Waals surface area contributed by atoms with Crippen molar-refractivity contribution in [1.82, 2.24) is 14.9 Å². The number of sulfonamides is 1. The quantitative estimate of drug-likeness (QED) is 0.636. The molecule has 0 spiro atoms. The summed E-state index contributed by atoms with van der Waals surface area (Å²) in [6.07, 6.45) is 3.30. The van der Waals surface area contributed by atoms with E-state index in [9.17, 15) is 13.2 Å². The van der Waals surface area contributed by atoms with E-state index >= 15 is 0 Å². The van der Waals surface area contributed by atoms with Crippen LogP contribution in [0.25, 0.3) is 5.52 Å². The number of benzene rings is 1. The molecular weight excluding hydrogens is 408 g/mol. The average molecular weight is 423 g/mol. The molecule has 0 bridgehead atoms. The van der Waals surface area contributed by atoms with E-state index in [0.29, 0.717) is 11.3 Å². The van der Waals surface area contributed by atoms with Gasteiger partial charge in [-0.1, -0.05) is 22.0 Å². The van der Waals surface area contributed by atoms with E-state index in [1.165, 1.54) is 0 Å². The van der Waals surface area contributed by atoms with Gasteiger partial charge in [-0.3, -0.25) is 9.52 Å². The van der Waals surface area contributed by atoms with Crippen LogP contribution >= 0.6 is 15.9 Å². The van der Waals surface area contributed by atoms with Crippen LogP contribution < -0.4 is 10.0 Å². The van der Waals surface area contributed by atoms with Gasteiger partial charge in [0.1, 0.15) is 0 Å². The molecule has 25 heavy (non-hydrogen) atoms. The van der Waals surface area contributed by atoms with Gasteiger partial charge in [0, 0.05) is 29.0 Å². The molecule has 0 radical (unpaired) electrons. The SMILES string of the molecule is O=C(NCCS(=O)(=O)Nc1ccn2nccc2c1)c1cccc(Br)c1. The molecule has 130 valence electrons. The zero-order chi connectivity index (χ0) is 17.9. The largest absolute Gasteiger partial charge is 0.351 e. The Morgan fingerprint density at radius 1 is 1.20 bits per heavy atom. The van der Waals surface area contributed by atoms with Crippen LogP contribution in [0.2, 0.25) is 0 Å². The fourth-order valence-electron chi connectivity index (χ4n) is 2.25. The van der Waals surface area contributed by atoms with Gasteiger partial charge in [0.05, 0.1) is 17.0 Å². The van der Waals surface area contributed by atoms with E-state index < -0.39 is 10.0 Å². The molecule has 0 fully saturated rings. The fourth-order valence-corrected chi connectivity index (χ4v) is 3.60. The minimum atomic E-state index is -3.58. The maximum Gasteiger partial charge on any atom is 0.251 e. The molecular formula is C16H15BrN4O3S. The van der Waals surface area contributed by atoms with Gasteiger partial charge in [0.2, 0.25) is 10.0 Å². The van der Waals surface area contributed by atoms with Crippen LogP contribution in [0.5, 0.6) is 0 Å². The molecule has 0 unspecified atom stereocenters. The number of nitrogens with zero attached hydrogens (tertiary/aromatic N) is 2. The predicted octanol–water partition coefficient (Wildman–Crippen LogP) is 2.27. The lowest BCUT2D eigenvalue weighted by atomic mass is 10.2. The van der Waals surface area contributed by atoms with Crippen LogP contribution in [0, 0.1) is 0 Å². The predicted molar refractivity (Wildman–Crippen MR) is 99.1 cm³/mol. The normalized spacial score (nSPS) is 11.4. The lowest BCUT2D eigenvalue weighted by Crippen LogP contribution is -2.31. The molecule has 0 saturated carbocycles. The number of aromatic nitrogens is 2. The van der Waals surface area contributed by atoms with Gasteiger partial charge < -0.3 is 5.32 Å². The fraction of sp³-hybridized carbons (Fsp3) is 0.125. The molecule has 7 nitrogen and oxygen atoms in total. The van der Waals surface area contributed by atoms with Crippen molar-refractivity contribution in [2.24, 2.45) is 0 Å². The van der Waals surface area contributed by atoms with E-state index in [4.69, 9.17) is 0 Å². The molecule has 3 aromatic rings. The number of hydrogen-bond acceptors (Lipinski definition) is 4. The lowest BCUT2D eigenvalue weighted by Gasteiger charge is -2.09. The molecule has 1 aromatic carbocycles. The van der Waals surface area contributed by atoms with Crippen molar-refractivity contribution in [3.05, 3.63) is 64.9 Å². The smallest absolute Gasteiger partial charge is 0.251 e. The molecule has 0 atom stereocenters. The van der Waals surface area contributed by atoms with Gasteiger partial charge in [-0.2, -0.15) is 5.10 Å². The third kappa shape index (κ3) is 4.58. The Hall–Kier alpha value is -2.39. The summed E-state index contributed by atoms with van der Waals surface area (Å²) in [5.41, 5.74) is 1.69. The second kappa shape index (κ2) is 7.24. The van der Waals surface area contributed by atoms with Gasteiger partial charge in [0.25, 0.3) is 5.91 Å². The summed E-state index contributed by atoms with van der Waals surface area (Å²) < 4.78 is 29.2. The van der Waals surface area contributed by atoms with Crippen LogP contribution in [0.3, 0.4) is 0 Å². The number of pyridine rings is 1. The third-order valence-electron chi connectivity index (χ3n) is 3.42. The van der Waals surface area contributed by atoms with E-state index in [2.05, 4.69) is 31.1 Å². The Kier molecular flexibility index (Phi) is 5.05. The number of hydrogen-bond donors (Lipinski definition) is 2. The highest BCUT2D eigenvalue weighted by atomic mass is 79.9. The molecule has 2 heterocycles. The first kappa shape index (κ1) is 17.4. The van der Waals surface area contributed by atoms with Gasteiger partial charge in [0.15, 0.2) is 0 Å². The van der Waals surface area contributed by atoms with Crippen molar-refractivity contribution in [2.45, 2.75) is 0 Å². The maximum atomic E-state index is 12.2. The number of halogens is 1. The summed E-state index contributed by atoms with van der Waals surface area (Å²) in [5.74, 6) is -0.547. The Morgan fingerprint density at radius 3 is 2.84 bits per heavy atom. The summed E-state index contributed by atoms with van der Waals surface area (Å²) in [5, 5.41) is 6.65. The van der Waals surface area contributed by atoms with E-state index in [0.717, 1.165) is 9.99 Å². The van der Waals surface area contributed by atoms with Crippen molar-refractivity contribution in [3.63, 3.8) is 0 Å². The van der Waals surface area contributed by atoms with Crippen molar-refractivity contribution < 1.29 is 13.2 Å². The van der Waals surface area contributed by atoms with Crippen LogP contribution in [0.1, 0.15) is 10.4 Å². The second-order valence-corrected chi connectivity index (χ2v) is 8.06. The molecule has 0 aliphatic carbocycles. The number of carbonyl (C=O) groups excluding carboxylic acids is 1. The molecule has 2 aromatic heterocycles. The first-order valence-electron chi connectivity index (χ1n) is 7.41. The Morgan fingerprint density at radius 2 is 2.04 bits per heavy atom. The highest BCUT2D eigenvalue weighted by Crippen LogP contribution is 2.13. The van der Waals surface area contributed by atoms with Gasteiger partial charge in [-0.15, -0.1) is 0 Å². The van der Waals surface area contributed by atoms with Crippen LogP contribution in [0.15, 0.2) is 59.3 Å². The molecule has 3 rings (SSSR count). The zero-order valence-electron chi connectivity index (χ0n) is 13.0. The van der Waals surface area contributed by atoms with Crippen LogP contribution in [-0.4, -0.2) is 36.2 Å². The van der Waals surface area contributed by atoms with Crippen molar-refractivity contribution in [3.8, 4) is 0 Å². The molecule has 1 amide bonds. The van der Waals surface area contributed by atoms with Gasteiger partial charge in [-0.25, -0.2) is 12.9 Å². The van der Waals surface area contributed by atoms with Gasteiger partial charge in [-0.05, 0) is 36.4 Å². The second-order valence-electron chi connectivity index (χ2n) is 5.30. The molecule has 0 aliphatic heterocycles. The number of amides is 1. The number of anilines is 1. The van der Waals surface area contributed by atoms with Crippen molar-refractivity contribution in [2.75, 3.05) is 17.0 Å². The van der Waals surface area contributed by atoms with Crippen LogP contribution in [-0.2, 0) is 10.0 Å². The minimum absolute atomic E-state index is 0.00953. The molecule has 2 N–H and O–H groups in total. The Bertz CT molecular complexity index is 1020. The topological polar surface area (TPSA) is 92.6 Å².